The standard InChI is InChI=1S/C18H18BrN3O2/c1-4-15-16(22-10-12(19)9-11(2)17(22)21-15)18(23)20-13-5-7-14(24-3)8-6-13/h5-10H,4H2,1-3H3,(H,20,23). The number of methoxy groups -OCH3 is 1. The lowest BCUT2D eigenvalue weighted by atomic mass is 10.2. The second kappa shape index (κ2) is 6.65. The minimum absolute atomic E-state index is 0.179. The van der Waals surface area contributed by atoms with E-state index in [1.54, 1.807) is 7.11 Å². The Kier molecular flexibility index (Phi) is 4.57. The number of benzene rings is 1. The number of halogens is 1. The van der Waals surface area contributed by atoms with Crippen LogP contribution in [0.4, 0.5) is 5.69 Å². The molecule has 0 saturated carbocycles. The van der Waals surface area contributed by atoms with Gasteiger partial charge in [-0.3, -0.25) is 9.20 Å². The van der Waals surface area contributed by atoms with Crippen LogP contribution in [0.15, 0.2) is 41.0 Å². The van der Waals surface area contributed by atoms with Gasteiger partial charge in [-0.2, -0.15) is 0 Å². The first kappa shape index (κ1) is 16.5. The molecule has 2 aromatic heterocycles. The molecular weight excluding hydrogens is 370 g/mol. The summed E-state index contributed by atoms with van der Waals surface area (Å²) >= 11 is 3.49. The molecule has 3 aromatic rings. The van der Waals surface area contributed by atoms with Gasteiger partial charge in [0.15, 0.2) is 0 Å². The van der Waals surface area contributed by atoms with Crippen molar-refractivity contribution < 1.29 is 9.53 Å². The number of hydrogen-bond acceptors (Lipinski definition) is 3. The van der Waals surface area contributed by atoms with E-state index in [2.05, 4.69) is 26.2 Å². The number of carbonyl (C=O) groups is 1. The van der Waals surface area contributed by atoms with E-state index < -0.39 is 0 Å². The van der Waals surface area contributed by atoms with Gasteiger partial charge in [-0.1, -0.05) is 6.92 Å². The molecule has 124 valence electrons. The smallest absolute Gasteiger partial charge is 0.274 e. The second-order valence-corrected chi connectivity index (χ2v) is 6.39. The lowest BCUT2D eigenvalue weighted by Gasteiger charge is -2.08. The normalized spacial score (nSPS) is 10.8. The number of fused-ring (bicyclic) bond motifs is 1. The average Bonchev–Trinajstić information content (AvgIpc) is 2.94. The summed E-state index contributed by atoms with van der Waals surface area (Å²) in [7, 11) is 1.61. The summed E-state index contributed by atoms with van der Waals surface area (Å²) in [4.78, 5) is 17.5. The van der Waals surface area contributed by atoms with Crippen LogP contribution in [-0.4, -0.2) is 22.4 Å². The molecule has 0 unspecified atom stereocenters. The highest BCUT2D eigenvalue weighted by atomic mass is 79.9. The number of amides is 1. The zero-order chi connectivity index (χ0) is 17.3. The van der Waals surface area contributed by atoms with Gasteiger partial charge in [0.1, 0.15) is 17.1 Å². The van der Waals surface area contributed by atoms with Crippen molar-refractivity contribution in [2.24, 2.45) is 0 Å². The maximum atomic E-state index is 12.8. The van der Waals surface area contributed by atoms with Crippen LogP contribution in [0.25, 0.3) is 5.65 Å². The van der Waals surface area contributed by atoms with E-state index in [1.807, 2.05) is 54.8 Å². The zero-order valence-corrected chi connectivity index (χ0v) is 15.3. The van der Waals surface area contributed by atoms with Gasteiger partial charge in [0.25, 0.3) is 5.91 Å². The van der Waals surface area contributed by atoms with Crippen molar-refractivity contribution in [2.75, 3.05) is 12.4 Å². The molecule has 0 spiro atoms. The van der Waals surface area contributed by atoms with E-state index in [4.69, 9.17) is 4.74 Å². The van der Waals surface area contributed by atoms with Crippen LogP contribution in [0, 0.1) is 6.92 Å². The van der Waals surface area contributed by atoms with E-state index in [1.165, 1.54) is 0 Å². The van der Waals surface area contributed by atoms with Crippen LogP contribution >= 0.6 is 15.9 Å². The highest BCUT2D eigenvalue weighted by Gasteiger charge is 2.19. The Balaban J connectivity index is 2.02. The Morgan fingerprint density at radius 1 is 1.33 bits per heavy atom. The number of nitrogens with zero attached hydrogens (tertiary/aromatic N) is 2. The second-order valence-electron chi connectivity index (χ2n) is 5.48. The number of rotatable bonds is 4. The molecule has 0 fully saturated rings. The van der Waals surface area contributed by atoms with Crippen LogP contribution in [0.5, 0.6) is 5.75 Å². The molecule has 6 heteroatoms. The molecule has 3 rings (SSSR count). The van der Waals surface area contributed by atoms with Gasteiger partial charge >= 0.3 is 0 Å². The van der Waals surface area contributed by atoms with E-state index >= 15 is 0 Å². The fourth-order valence-corrected chi connectivity index (χ4v) is 3.22. The lowest BCUT2D eigenvalue weighted by Crippen LogP contribution is -2.16. The molecule has 0 bridgehead atoms. The molecule has 0 aliphatic carbocycles. The largest absolute Gasteiger partial charge is 0.497 e. The van der Waals surface area contributed by atoms with Crippen LogP contribution in [0.1, 0.15) is 28.7 Å². The number of hydrogen-bond donors (Lipinski definition) is 1. The summed E-state index contributed by atoms with van der Waals surface area (Å²) in [6.07, 6.45) is 2.56. The third-order valence-corrected chi connectivity index (χ3v) is 4.27. The van der Waals surface area contributed by atoms with Gasteiger partial charge in [0.2, 0.25) is 0 Å². The molecule has 24 heavy (non-hydrogen) atoms. The maximum absolute atomic E-state index is 12.8. The summed E-state index contributed by atoms with van der Waals surface area (Å²) in [5.74, 6) is 0.568. The Bertz CT molecular complexity index is 901. The number of aryl methyl sites for hydroxylation is 2. The summed E-state index contributed by atoms with van der Waals surface area (Å²) in [6.45, 7) is 3.98. The number of aromatic nitrogens is 2. The first-order chi connectivity index (χ1) is 11.5. The van der Waals surface area contributed by atoms with Gasteiger partial charge in [-0.25, -0.2) is 4.98 Å². The number of imidazole rings is 1. The van der Waals surface area contributed by atoms with Crippen LogP contribution in [0.3, 0.4) is 0 Å². The predicted octanol–water partition coefficient (Wildman–Crippen LogP) is 4.23. The molecule has 1 N–H and O–H groups in total. The molecule has 0 aliphatic rings. The highest BCUT2D eigenvalue weighted by molar-refractivity contribution is 9.10. The van der Waals surface area contributed by atoms with E-state index in [0.717, 1.165) is 27.1 Å². The van der Waals surface area contributed by atoms with Crippen molar-refractivity contribution in [1.29, 1.82) is 0 Å². The average molecular weight is 388 g/mol. The van der Waals surface area contributed by atoms with Crippen LogP contribution in [0.2, 0.25) is 0 Å². The summed E-state index contributed by atoms with van der Waals surface area (Å²) < 4.78 is 7.89. The number of anilines is 1. The molecule has 0 saturated heterocycles. The number of ether oxygens (including phenoxy) is 1. The Morgan fingerprint density at radius 2 is 2.04 bits per heavy atom. The van der Waals surface area contributed by atoms with Crippen LogP contribution in [-0.2, 0) is 6.42 Å². The van der Waals surface area contributed by atoms with Gasteiger partial charge < -0.3 is 10.1 Å². The Labute approximate surface area is 148 Å². The van der Waals surface area contributed by atoms with Gasteiger partial charge in [-0.05, 0) is 65.2 Å². The molecule has 0 atom stereocenters. The number of nitrogens with one attached hydrogen (secondary N) is 1. The summed E-state index contributed by atoms with van der Waals surface area (Å²) in [5, 5.41) is 2.93. The number of carbonyl (C=O) groups excluding carboxylic acids is 1. The molecule has 2 heterocycles. The van der Waals surface area contributed by atoms with Crippen molar-refractivity contribution in [3.05, 3.63) is 58.0 Å². The van der Waals surface area contributed by atoms with Crippen molar-refractivity contribution in [3.8, 4) is 5.75 Å². The maximum Gasteiger partial charge on any atom is 0.274 e. The summed E-state index contributed by atoms with van der Waals surface area (Å²) in [6, 6.07) is 9.24. The minimum Gasteiger partial charge on any atom is -0.497 e. The molecule has 5 nitrogen and oxygen atoms in total. The van der Waals surface area contributed by atoms with Crippen molar-refractivity contribution in [3.63, 3.8) is 0 Å². The minimum atomic E-state index is -0.179. The van der Waals surface area contributed by atoms with Gasteiger partial charge in [0.05, 0.1) is 12.8 Å². The Morgan fingerprint density at radius 3 is 2.67 bits per heavy atom. The van der Waals surface area contributed by atoms with Gasteiger partial charge in [0, 0.05) is 16.4 Å². The molecular formula is C18H18BrN3O2. The lowest BCUT2D eigenvalue weighted by molar-refractivity contribution is 0.102. The monoisotopic (exact) mass is 387 g/mol. The highest BCUT2D eigenvalue weighted by Crippen LogP contribution is 2.22. The van der Waals surface area contributed by atoms with Gasteiger partial charge in [-0.15, -0.1) is 0 Å². The molecule has 1 aromatic carbocycles. The van der Waals surface area contributed by atoms with E-state index in [-0.39, 0.29) is 5.91 Å². The van der Waals surface area contributed by atoms with E-state index in [0.29, 0.717) is 17.8 Å². The van der Waals surface area contributed by atoms with Crippen LogP contribution < -0.4 is 10.1 Å². The van der Waals surface area contributed by atoms with Crippen molar-refractivity contribution >= 4 is 33.2 Å². The molecule has 0 aliphatic heterocycles. The third kappa shape index (κ3) is 3.01. The Hall–Kier alpha value is -2.34. The van der Waals surface area contributed by atoms with Crippen molar-refractivity contribution in [2.45, 2.75) is 20.3 Å². The predicted molar refractivity (Wildman–Crippen MR) is 98.0 cm³/mol. The fraction of sp³-hybridized carbons (Fsp3) is 0.222. The quantitative estimate of drug-likeness (QED) is 0.728. The number of pyridine rings is 1. The third-order valence-electron chi connectivity index (χ3n) is 3.84. The topological polar surface area (TPSA) is 55.6 Å². The van der Waals surface area contributed by atoms with Crippen molar-refractivity contribution in [1.82, 2.24) is 9.38 Å². The summed E-state index contributed by atoms with van der Waals surface area (Å²) in [5.41, 5.74) is 3.87. The van der Waals surface area contributed by atoms with E-state index in [9.17, 15) is 4.79 Å². The fourth-order valence-electron chi connectivity index (χ4n) is 2.67. The first-order valence-electron chi connectivity index (χ1n) is 7.66. The molecule has 0 radical (unpaired) electrons. The molecule has 1 amide bonds. The zero-order valence-electron chi connectivity index (χ0n) is 13.8. The first-order valence-corrected chi connectivity index (χ1v) is 8.45. The SMILES string of the molecule is CCc1nc2c(C)cc(Br)cn2c1C(=O)Nc1ccc(OC)cc1.